The van der Waals surface area contributed by atoms with Crippen LogP contribution in [0.1, 0.15) is 11.1 Å². The van der Waals surface area contributed by atoms with Gasteiger partial charge in [0.25, 0.3) is 5.69 Å². The number of nitro groups is 1. The lowest BCUT2D eigenvalue weighted by molar-refractivity contribution is -0.385. The number of halogens is 2. The lowest BCUT2D eigenvalue weighted by Gasteiger charge is -2.08. The summed E-state index contributed by atoms with van der Waals surface area (Å²) < 4.78 is 26.3. The van der Waals surface area contributed by atoms with Crippen molar-refractivity contribution in [3.63, 3.8) is 0 Å². The fraction of sp³-hybridized carbons (Fsp3) is 0.0714. The van der Waals surface area contributed by atoms with E-state index >= 15 is 0 Å². The van der Waals surface area contributed by atoms with Crippen molar-refractivity contribution in [1.29, 1.82) is 5.26 Å². The summed E-state index contributed by atoms with van der Waals surface area (Å²) in [6.45, 7) is -0.0232. The molecular formula is C14H9F2N3O2. The average Bonchev–Trinajstić information content (AvgIpc) is 2.46. The topological polar surface area (TPSA) is 79.0 Å². The molecule has 0 saturated carbocycles. The van der Waals surface area contributed by atoms with Crippen molar-refractivity contribution in [2.75, 3.05) is 5.32 Å². The summed E-state index contributed by atoms with van der Waals surface area (Å²) >= 11 is 0. The number of anilines is 1. The molecule has 1 N–H and O–H groups in total. The SMILES string of the molecule is N#Cc1cc(NCc2cc(F)ccc2[N+](=O)[O-])ccc1F. The molecule has 0 aliphatic heterocycles. The van der Waals surface area contributed by atoms with Crippen molar-refractivity contribution in [2.45, 2.75) is 6.54 Å². The second-order valence-electron chi connectivity index (χ2n) is 4.19. The molecule has 21 heavy (non-hydrogen) atoms. The molecule has 0 atom stereocenters. The number of hydrogen-bond acceptors (Lipinski definition) is 4. The number of benzene rings is 2. The molecule has 0 fully saturated rings. The zero-order valence-corrected chi connectivity index (χ0v) is 10.6. The molecule has 2 rings (SSSR count). The van der Waals surface area contributed by atoms with Crippen LogP contribution in [0, 0.1) is 33.1 Å². The van der Waals surface area contributed by atoms with E-state index in [-0.39, 0.29) is 23.4 Å². The fourth-order valence-electron chi connectivity index (χ4n) is 1.79. The van der Waals surface area contributed by atoms with E-state index in [9.17, 15) is 18.9 Å². The first kappa shape index (κ1) is 14.4. The quantitative estimate of drug-likeness (QED) is 0.691. The van der Waals surface area contributed by atoms with E-state index in [1.807, 2.05) is 0 Å². The normalized spacial score (nSPS) is 9.95. The molecular weight excluding hydrogens is 280 g/mol. The molecule has 5 nitrogen and oxygen atoms in total. The summed E-state index contributed by atoms with van der Waals surface area (Å²) in [6, 6.07) is 8.61. The van der Waals surface area contributed by atoms with Crippen LogP contribution < -0.4 is 5.32 Å². The van der Waals surface area contributed by atoms with Crippen molar-refractivity contribution in [1.82, 2.24) is 0 Å². The molecule has 0 unspecified atom stereocenters. The van der Waals surface area contributed by atoms with Crippen LogP contribution in [0.15, 0.2) is 36.4 Å². The second kappa shape index (κ2) is 5.96. The molecule has 106 valence electrons. The van der Waals surface area contributed by atoms with Crippen LogP contribution in [-0.2, 0) is 6.54 Å². The van der Waals surface area contributed by atoms with Crippen molar-refractivity contribution in [3.05, 3.63) is 69.3 Å². The van der Waals surface area contributed by atoms with Crippen LogP contribution in [0.4, 0.5) is 20.2 Å². The molecule has 0 heterocycles. The smallest absolute Gasteiger partial charge is 0.274 e. The van der Waals surface area contributed by atoms with Gasteiger partial charge >= 0.3 is 0 Å². The van der Waals surface area contributed by atoms with E-state index < -0.39 is 16.6 Å². The Balaban J connectivity index is 2.22. The highest BCUT2D eigenvalue weighted by Gasteiger charge is 2.14. The highest BCUT2D eigenvalue weighted by atomic mass is 19.1. The first-order chi connectivity index (χ1) is 10.0. The van der Waals surface area contributed by atoms with Gasteiger partial charge in [-0.3, -0.25) is 10.1 Å². The van der Waals surface area contributed by atoms with Gasteiger partial charge in [-0.2, -0.15) is 5.26 Å². The molecule has 0 aliphatic carbocycles. The number of nitrogens with zero attached hydrogens (tertiary/aromatic N) is 2. The van der Waals surface area contributed by atoms with E-state index in [1.165, 1.54) is 12.1 Å². The van der Waals surface area contributed by atoms with Crippen molar-refractivity contribution in [2.24, 2.45) is 0 Å². The largest absolute Gasteiger partial charge is 0.381 e. The van der Waals surface area contributed by atoms with Crippen molar-refractivity contribution < 1.29 is 13.7 Å². The van der Waals surface area contributed by atoms with Gasteiger partial charge in [0.1, 0.15) is 17.7 Å². The van der Waals surface area contributed by atoms with E-state index in [1.54, 1.807) is 6.07 Å². The average molecular weight is 289 g/mol. The fourth-order valence-corrected chi connectivity index (χ4v) is 1.79. The third-order valence-electron chi connectivity index (χ3n) is 2.81. The van der Waals surface area contributed by atoms with E-state index in [2.05, 4.69) is 5.32 Å². The summed E-state index contributed by atoms with van der Waals surface area (Å²) in [5.74, 6) is -1.24. The van der Waals surface area contributed by atoms with E-state index in [0.717, 1.165) is 24.3 Å². The molecule has 0 aromatic heterocycles. The Kier molecular flexibility index (Phi) is 4.09. The Hall–Kier alpha value is -3.01. The number of nitrogens with one attached hydrogen (secondary N) is 1. The van der Waals surface area contributed by atoms with Gasteiger partial charge in [-0.25, -0.2) is 8.78 Å². The van der Waals surface area contributed by atoms with Gasteiger partial charge in [0.2, 0.25) is 0 Å². The van der Waals surface area contributed by atoms with Gasteiger partial charge in [0.15, 0.2) is 0 Å². The highest BCUT2D eigenvalue weighted by molar-refractivity contribution is 5.51. The van der Waals surface area contributed by atoms with Gasteiger partial charge in [0.05, 0.1) is 16.1 Å². The van der Waals surface area contributed by atoms with Gasteiger partial charge < -0.3 is 5.32 Å². The number of rotatable bonds is 4. The first-order valence-corrected chi connectivity index (χ1v) is 5.87. The monoisotopic (exact) mass is 289 g/mol. The number of hydrogen-bond donors (Lipinski definition) is 1. The van der Waals surface area contributed by atoms with Gasteiger partial charge in [-0.15, -0.1) is 0 Å². The lowest BCUT2D eigenvalue weighted by atomic mass is 10.1. The summed E-state index contributed by atoms with van der Waals surface area (Å²) in [7, 11) is 0. The van der Waals surface area contributed by atoms with Gasteiger partial charge in [0, 0.05) is 18.3 Å². The maximum atomic E-state index is 13.2. The molecule has 0 radical (unpaired) electrons. The third-order valence-corrected chi connectivity index (χ3v) is 2.81. The van der Waals surface area contributed by atoms with Crippen LogP contribution in [0.5, 0.6) is 0 Å². The van der Waals surface area contributed by atoms with E-state index in [0.29, 0.717) is 5.69 Å². The number of nitriles is 1. The molecule has 0 amide bonds. The molecule has 2 aromatic carbocycles. The first-order valence-electron chi connectivity index (χ1n) is 5.87. The van der Waals surface area contributed by atoms with Gasteiger partial charge in [-0.05, 0) is 30.3 Å². The van der Waals surface area contributed by atoms with Crippen LogP contribution in [0.25, 0.3) is 0 Å². The Morgan fingerprint density at radius 3 is 2.67 bits per heavy atom. The maximum Gasteiger partial charge on any atom is 0.274 e. The lowest BCUT2D eigenvalue weighted by Crippen LogP contribution is -2.04. The Bertz CT molecular complexity index is 741. The standard InChI is InChI=1S/C14H9F2N3O2/c15-11-1-4-14(19(20)21)10(5-11)8-18-12-2-3-13(16)9(6-12)7-17/h1-6,18H,8H2. The molecule has 0 bridgehead atoms. The summed E-state index contributed by atoms with van der Waals surface area (Å²) in [5.41, 5.74) is 0.203. The minimum atomic E-state index is -0.653. The van der Waals surface area contributed by atoms with Gasteiger partial charge in [-0.1, -0.05) is 0 Å². The third kappa shape index (κ3) is 3.30. The van der Waals surface area contributed by atoms with Crippen molar-refractivity contribution >= 4 is 11.4 Å². The molecule has 0 spiro atoms. The Labute approximate surface area is 118 Å². The summed E-state index contributed by atoms with van der Waals surface area (Å²) in [6.07, 6.45) is 0. The zero-order valence-electron chi connectivity index (χ0n) is 10.6. The number of nitro benzene ring substituents is 1. The minimum absolute atomic E-state index is 0.0232. The second-order valence-corrected chi connectivity index (χ2v) is 4.19. The predicted molar refractivity (Wildman–Crippen MR) is 71.5 cm³/mol. The Morgan fingerprint density at radius 1 is 1.24 bits per heavy atom. The molecule has 0 saturated heterocycles. The molecule has 2 aromatic rings. The van der Waals surface area contributed by atoms with Crippen LogP contribution in [0.2, 0.25) is 0 Å². The Morgan fingerprint density at radius 2 is 2.00 bits per heavy atom. The summed E-state index contributed by atoms with van der Waals surface area (Å²) in [5, 5.41) is 22.4. The highest BCUT2D eigenvalue weighted by Crippen LogP contribution is 2.21. The van der Waals surface area contributed by atoms with Crippen LogP contribution >= 0.6 is 0 Å². The van der Waals surface area contributed by atoms with Crippen molar-refractivity contribution in [3.8, 4) is 6.07 Å². The zero-order chi connectivity index (χ0) is 15.4. The maximum absolute atomic E-state index is 13.2. The molecule has 0 aliphatic rings. The van der Waals surface area contributed by atoms with E-state index in [4.69, 9.17) is 5.26 Å². The minimum Gasteiger partial charge on any atom is -0.381 e. The predicted octanol–water partition coefficient (Wildman–Crippen LogP) is 3.36. The van der Waals surface area contributed by atoms with Crippen LogP contribution in [-0.4, -0.2) is 4.92 Å². The summed E-state index contributed by atoms with van der Waals surface area (Å²) in [4.78, 5) is 10.2. The van der Waals surface area contributed by atoms with Crippen LogP contribution in [0.3, 0.4) is 0 Å². The molecule has 7 heteroatoms.